The molecule has 2 atom stereocenters. The first-order valence-electron chi connectivity index (χ1n) is 8.22. The van der Waals surface area contributed by atoms with Crippen molar-refractivity contribution in [3.63, 3.8) is 0 Å². The van der Waals surface area contributed by atoms with Gasteiger partial charge in [0.2, 0.25) is 5.91 Å². The lowest BCUT2D eigenvalue weighted by Gasteiger charge is -2.45. The summed E-state index contributed by atoms with van der Waals surface area (Å²) in [5.41, 5.74) is 0.0878. The number of hydrogen-bond acceptors (Lipinski definition) is 5. The van der Waals surface area contributed by atoms with Crippen LogP contribution in [-0.2, 0) is 9.53 Å². The molecule has 0 spiro atoms. The van der Waals surface area contributed by atoms with E-state index in [1.165, 1.54) is 11.8 Å². The molecule has 1 aromatic heterocycles. The van der Waals surface area contributed by atoms with Crippen molar-refractivity contribution in [3.8, 4) is 0 Å². The van der Waals surface area contributed by atoms with Crippen molar-refractivity contribution >= 4 is 39.5 Å². The molecule has 2 amide bonds. The number of aliphatic hydroxyl groups is 1. The summed E-state index contributed by atoms with van der Waals surface area (Å²) in [6.07, 6.45) is -0.524. The standard InChI is InChI=1S/C17H23BrClN3O4/c1-10(24)21-7-12(9-23)22(16(25)26-17(2,3)4)8-13(21)11-5-14(18)20-15(19)6-11/h5-6,12-13,23H,7-9H2,1-4H3. The number of aliphatic hydroxyl groups excluding tert-OH is 1. The minimum atomic E-state index is -0.659. The fraction of sp³-hybridized carbons (Fsp3) is 0.588. The molecule has 1 aliphatic heterocycles. The van der Waals surface area contributed by atoms with Gasteiger partial charge in [0.25, 0.3) is 0 Å². The van der Waals surface area contributed by atoms with E-state index in [0.717, 1.165) is 5.56 Å². The van der Waals surface area contributed by atoms with Crippen LogP contribution >= 0.6 is 27.5 Å². The number of carbonyl (C=O) groups is 2. The van der Waals surface area contributed by atoms with Gasteiger partial charge in [-0.2, -0.15) is 0 Å². The molecule has 7 nitrogen and oxygen atoms in total. The number of halogens is 2. The Morgan fingerprint density at radius 2 is 2.00 bits per heavy atom. The Kier molecular flexibility index (Phi) is 6.52. The molecule has 0 aliphatic carbocycles. The second kappa shape index (κ2) is 8.10. The number of amides is 2. The van der Waals surface area contributed by atoms with Gasteiger partial charge < -0.3 is 14.7 Å². The summed E-state index contributed by atoms with van der Waals surface area (Å²) in [5.74, 6) is -0.152. The average molecular weight is 449 g/mol. The first-order chi connectivity index (χ1) is 12.0. The highest BCUT2D eigenvalue weighted by Gasteiger charge is 2.39. The van der Waals surface area contributed by atoms with Crippen LogP contribution in [0.1, 0.15) is 39.3 Å². The van der Waals surface area contributed by atoms with Gasteiger partial charge in [-0.3, -0.25) is 9.69 Å². The topological polar surface area (TPSA) is 83.0 Å². The Labute approximate surface area is 166 Å². The van der Waals surface area contributed by atoms with Crippen molar-refractivity contribution in [2.45, 2.75) is 45.4 Å². The van der Waals surface area contributed by atoms with E-state index < -0.39 is 23.8 Å². The lowest BCUT2D eigenvalue weighted by molar-refractivity contribution is -0.136. The van der Waals surface area contributed by atoms with E-state index in [2.05, 4.69) is 20.9 Å². The van der Waals surface area contributed by atoms with Crippen molar-refractivity contribution in [2.75, 3.05) is 19.7 Å². The smallest absolute Gasteiger partial charge is 0.410 e. The maximum atomic E-state index is 12.6. The van der Waals surface area contributed by atoms with Gasteiger partial charge in [-0.25, -0.2) is 9.78 Å². The summed E-state index contributed by atoms with van der Waals surface area (Å²) in [5, 5.41) is 10.0. The van der Waals surface area contributed by atoms with Crippen LogP contribution in [0.3, 0.4) is 0 Å². The lowest BCUT2D eigenvalue weighted by atomic mass is 10.0. The molecule has 1 saturated heterocycles. The zero-order chi connectivity index (χ0) is 19.6. The minimum absolute atomic E-state index is 0.152. The highest BCUT2D eigenvalue weighted by molar-refractivity contribution is 9.10. The quantitative estimate of drug-likeness (QED) is 0.703. The Bertz CT molecular complexity index is 675. The third-order valence-electron chi connectivity index (χ3n) is 4.01. The van der Waals surface area contributed by atoms with Gasteiger partial charge in [-0.15, -0.1) is 0 Å². The number of ether oxygens (including phenoxy) is 1. The zero-order valence-corrected chi connectivity index (χ0v) is 17.5. The molecular formula is C17H23BrClN3O4. The normalized spacial score (nSPS) is 20.9. The van der Waals surface area contributed by atoms with Crippen LogP contribution in [0, 0.1) is 0 Å². The largest absolute Gasteiger partial charge is 0.444 e. The first-order valence-corrected chi connectivity index (χ1v) is 9.39. The fourth-order valence-corrected chi connectivity index (χ4v) is 3.67. The maximum absolute atomic E-state index is 12.6. The van der Waals surface area contributed by atoms with Gasteiger partial charge in [-0.1, -0.05) is 11.6 Å². The highest BCUT2D eigenvalue weighted by Crippen LogP contribution is 2.31. The summed E-state index contributed by atoms with van der Waals surface area (Å²) < 4.78 is 6.00. The highest BCUT2D eigenvalue weighted by atomic mass is 79.9. The van der Waals surface area contributed by atoms with Crippen LogP contribution in [0.15, 0.2) is 16.7 Å². The molecule has 1 aliphatic rings. The van der Waals surface area contributed by atoms with Gasteiger partial charge in [0.1, 0.15) is 15.4 Å². The second-order valence-electron chi connectivity index (χ2n) is 7.20. The van der Waals surface area contributed by atoms with Crippen LogP contribution in [0.4, 0.5) is 4.79 Å². The van der Waals surface area contributed by atoms with Crippen LogP contribution in [-0.4, -0.2) is 63.2 Å². The van der Waals surface area contributed by atoms with Crippen molar-refractivity contribution < 1.29 is 19.4 Å². The van der Waals surface area contributed by atoms with Crippen molar-refractivity contribution in [1.82, 2.24) is 14.8 Å². The number of nitrogens with zero attached hydrogens (tertiary/aromatic N) is 3. The van der Waals surface area contributed by atoms with Gasteiger partial charge in [-0.05, 0) is 54.4 Å². The number of rotatable bonds is 2. The average Bonchev–Trinajstić information content (AvgIpc) is 2.50. The van der Waals surface area contributed by atoms with Crippen molar-refractivity contribution in [1.29, 1.82) is 0 Å². The molecule has 2 rings (SSSR count). The molecule has 2 unspecified atom stereocenters. The molecule has 0 bridgehead atoms. The van der Waals surface area contributed by atoms with Crippen LogP contribution < -0.4 is 0 Å². The number of piperazine rings is 1. The monoisotopic (exact) mass is 447 g/mol. The van der Waals surface area contributed by atoms with Gasteiger partial charge >= 0.3 is 6.09 Å². The van der Waals surface area contributed by atoms with E-state index >= 15 is 0 Å². The van der Waals surface area contributed by atoms with Crippen LogP contribution in [0.25, 0.3) is 0 Å². The van der Waals surface area contributed by atoms with E-state index in [-0.39, 0.29) is 30.8 Å². The molecule has 2 heterocycles. The summed E-state index contributed by atoms with van der Waals surface area (Å²) >= 11 is 9.35. The molecule has 0 saturated carbocycles. The summed E-state index contributed by atoms with van der Waals surface area (Å²) in [7, 11) is 0. The summed E-state index contributed by atoms with van der Waals surface area (Å²) in [4.78, 5) is 31.9. The predicted molar refractivity (Wildman–Crippen MR) is 101 cm³/mol. The predicted octanol–water partition coefficient (Wildman–Crippen LogP) is 3.00. The molecule has 1 aromatic rings. The minimum Gasteiger partial charge on any atom is -0.444 e. The molecule has 9 heteroatoms. The Morgan fingerprint density at radius 1 is 1.35 bits per heavy atom. The van der Waals surface area contributed by atoms with E-state index in [1.54, 1.807) is 37.8 Å². The van der Waals surface area contributed by atoms with Crippen LogP contribution in [0.2, 0.25) is 5.15 Å². The first kappa shape index (κ1) is 20.9. The Hall–Kier alpha value is -1.38. The van der Waals surface area contributed by atoms with E-state index in [0.29, 0.717) is 4.60 Å². The molecule has 26 heavy (non-hydrogen) atoms. The summed E-state index contributed by atoms with van der Waals surface area (Å²) in [6, 6.07) is 2.48. The molecule has 1 fully saturated rings. The van der Waals surface area contributed by atoms with Gasteiger partial charge in [0, 0.05) is 20.0 Å². The number of carbonyl (C=O) groups excluding carboxylic acids is 2. The maximum Gasteiger partial charge on any atom is 0.410 e. The molecule has 0 radical (unpaired) electrons. The summed E-state index contributed by atoms with van der Waals surface area (Å²) in [6.45, 7) is 6.92. The zero-order valence-electron chi connectivity index (χ0n) is 15.2. The number of hydrogen-bond donors (Lipinski definition) is 1. The molecule has 1 N–H and O–H groups in total. The third kappa shape index (κ3) is 5.08. The van der Waals surface area contributed by atoms with Gasteiger partial charge in [0.15, 0.2) is 0 Å². The lowest BCUT2D eigenvalue weighted by Crippen LogP contribution is -2.59. The second-order valence-corrected chi connectivity index (χ2v) is 8.40. The van der Waals surface area contributed by atoms with E-state index in [1.807, 2.05) is 0 Å². The van der Waals surface area contributed by atoms with E-state index in [9.17, 15) is 14.7 Å². The third-order valence-corrected chi connectivity index (χ3v) is 4.61. The number of pyridine rings is 1. The van der Waals surface area contributed by atoms with E-state index in [4.69, 9.17) is 16.3 Å². The number of aromatic nitrogens is 1. The molecule has 144 valence electrons. The Morgan fingerprint density at radius 3 is 2.50 bits per heavy atom. The molecular weight excluding hydrogens is 426 g/mol. The van der Waals surface area contributed by atoms with Crippen LogP contribution in [0.5, 0.6) is 0 Å². The van der Waals surface area contributed by atoms with Gasteiger partial charge in [0.05, 0.1) is 18.7 Å². The van der Waals surface area contributed by atoms with Crippen molar-refractivity contribution in [2.24, 2.45) is 0 Å². The Balaban J connectivity index is 2.38. The van der Waals surface area contributed by atoms with Crippen molar-refractivity contribution in [3.05, 3.63) is 27.5 Å². The SMILES string of the molecule is CC(=O)N1CC(CO)N(C(=O)OC(C)(C)C)CC1c1cc(Cl)nc(Br)c1. The molecule has 0 aromatic carbocycles. The fourth-order valence-electron chi connectivity index (χ4n) is 2.90.